The number of halogens is 2. The van der Waals surface area contributed by atoms with E-state index < -0.39 is 0 Å². The van der Waals surface area contributed by atoms with Gasteiger partial charge in [-0.2, -0.15) is 0 Å². The smallest absolute Gasteiger partial charge is 0.122 e. The molecule has 0 heterocycles. The molecule has 0 radical (unpaired) electrons. The van der Waals surface area contributed by atoms with Crippen LogP contribution in [-0.4, -0.2) is 20.5 Å². The van der Waals surface area contributed by atoms with Crippen LogP contribution in [0.5, 0.6) is 11.5 Å². The number of methoxy groups -OCH3 is 2. The van der Waals surface area contributed by atoms with E-state index >= 15 is 0 Å². The van der Waals surface area contributed by atoms with Crippen molar-refractivity contribution < 1.29 is 9.47 Å². The van der Waals surface area contributed by atoms with E-state index in [0.717, 1.165) is 29.0 Å². The number of rotatable bonds is 4. The van der Waals surface area contributed by atoms with Crippen LogP contribution in [0.2, 0.25) is 10.0 Å². The van der Waals surface area contributed by atoms with Gasteiger partial charge in [-0.3, -0.25) is 0 Å². The second-order valence-electron chi connectivity index (χ2n) is 14.5. The molecule has 0 aromatic heterocycles. The topological polar surface area (TPSA) is 18.5 Å². The molecule has 0 unspecified atom stereocenters. The van der Waals surface area contributed by atoms with Gasteiger partial charge in [-0.05, 0) is 158 Å². The lowest BCUT2D eigenvalue weighted by atomic mass is 10.1. The molecule has 1 aliphatic carbocycles. The highest BCUT2D eigenvalue weighted by atomic mass is 35.5. The van der Waals surface area contributed by atoms with Crippen LogP contribution in [0.4, 0.5) is 0 Å². The number of benzene rings is 6. The van der Waals surface area contributed by atoms with Gasteiger partial charge in [0.05, 0.1) is 14.2 Å². The molecule has 0 saturated heterocycles. The summed E-state index contributed by atoms with van der Waals surface area (Å²) in [5.74, 6) is 1.67. The molecule has 5 heteroatoms. The van der Waals surface area contributed by atoms with E-state index in [1.807, 2.05) is 44.2 Å². The van der Waals surface area contributed by atoms with Crippen LogP contribution < -0.4 is 9.47 Å². The van der Waals surface area contributed by atoms with E-state index in [-0.39, 0.29) is 7.43 Å². The van der Waals surface area contributed by atoms with Gasteiger partial charge in [-0.1, -0.05) is 144 Å². The Morgan fingerprint density at radius 3 is 1.38 bits per heavy atom. The quantitative estimate of drug-likeness (QED) is 0.165. The monoisotopic (exact) mass is 838 g/mol. The lowest BCUT2D eigenvalue weighted by Crippen LogP contribution is -1.87. The van der Waals surface area contributed by atoms with Crippen LogP contribution in [0.25, 0.3) is 0 Å². The summed E-state index contributed by atoms with van der Waals surface area (Å²) in [4.78, 5) is 1.34. The maximum Gasteiger partial charge on any atom is 0.122 e. The first-order chi connectivity index (χ1) is 27.1. The molecule has 1 aliphatic rings. The lowest BCUT2D eigenvalue weighted by Gasteiger charge is -2.04. The van der Waals surface area contributed by atoms with Crippen molar-refractivity contribution in [1.29, 1.82) is 0 Å². The van der Waals surface area contributed by atoms with Crippen LogP contribution in [0.3, 0.4) is 0 Å². The first-order valence-corrected chi connectivity index (χ1v) is 21.5. The van der Waals surface area contributed by atoms with Crippen molar-refractivity contribution in [3.8, 4) is 11.5 Å². The molecule has 0 aliphatic heterocycles. The predicted molar refractivity (Wildman–Crippen MR) is 260 cm³/mol. The average molecular weight is 840 g/mol. The first-order valence-electron chi connectivity index (χ1n) is 19.6. The normalized spacial score (nSPS) is 10.4. The number of fused-ring (bicyclic) bond motifs is 1. The predicted octanol–water partition coefficient (Wildman–Crippen LogP) is 16.3. The molecular weight excluding hydrogens is 772 g/mol. The Bertz CT molecular complexity index is 1870. The number of aryl methyl sites for hydroxylation is 11. The summed E-state index contributed by atoms with van der Waals surface area (Å²) >= 11 is 13.1. The van der Waals surface area contributed by atoms with Crippen LogP contribution in [0.1, 0.15) is 82.0 Å². The fourth-order valence-electron chi connectivity index (χ4n) is 6.22. The van der Waals surface area contributed by atoms with E-state index in [9.17, 15) is 0 Å². The van der Waals surface area contributed by atoms with Crippen molar-refractivity contribution in [3.05, 3.63) is 193 Å². The van der Waals surface area contributed by atoms with Crippen molar-refractivity contribution in [2.24, 2.45) is 0 Å². The Balaban J connectivity index is 0.000000347. The average Bonchev–Trinajstić information content (AvgIpc) is 3.62. The number of thioether (sulfide) groups is 1. The molecule has 0 atom stereocenters. The second kappa shape index (κ2) is 28.3. The molecule has 6 aromatic carbocycles. The van der Waals surface area contributed by atoms with E-state index in [2.05, 4.69) is 140 Å². The van der Waals surface area contributed by atoms with Gasteiger partial charge >= 0.3 is 0 Å². The largest absolute Gasteiger partial charge is 0.497 e. The molecule has 7 rings (SSSR count). The minimum atomic E-state index is 0. The first kappa shape index (κ1) is 51.9. The van der Waals surface area contributed by atoms with Gasteiger partial charge in [-0.15, -0.1) is 11.8 Å². The maximum absolute atomic E-state index is 5.67. The van der Waals surface area contributed by atoms with Crippen molar-refractivity contribution in [3.63, 3.8) is 0 Å². The number of ether oxygens (including phenoxy) is 2. The molecule has 0 fully saturated rings. The number of hydrogen-bond donors (Lipinski definition) is 0. The fraction of sp³-hybridized carbons (Fsp3) is 0.321. The summed E-state index contributed by atoms with van der Waals surface area (Å²) in [6, 6.07) is 41.7. The van der Waals surface area contributed by atoms with Crippen LogP contribution in [0, 0.1) is 55.4 Å². The van der Waals surface area contributed by atoms with Crippen LogP contribution in [-0.2, 0) is 19.3 Å². The lowest BCUT2D eigenvalue weighted by molar-refractivity contribution is 0.394. The minimum absolute atomic E-state index is 0. The molecular formula is C53H68Cl2O2S. The molecule has 0 N–H and O–H groups in total. The third-order valence-electron chi connectivity index (χ3n) is 8.84. The Labute approximate surface area is 367 Å². The molecule has 0 bridgehead atoms. The molecule has 6 aromatic rings. The van der Waals surface area contributed by atoms with Crippen molar-refractivity contribution >= 4 is 35.0 Å². The highest BCUT2D eigenvalue weighted by Gasteiger charge is 2.08. The zero-order chi connectivity index (χ0) is 42.3. The molecule has 2 nitrogen and oxygen atoms in total. The van der Waals surface area contributed by atoms with Crippen molar-refractivity contribution in [1.82, 2.24) is 0 Å². The highest BCUT2D eigenvalue weighted by molar-refractivity contribution is 7.98. The van der Waals surface area contributed by atoms with E-state index in [1.165, 1.54) is 63.1 Å². The van der Waals surface area contributed by atoms with Crippen molar-refractivity contribution in [2.75, 3.05) is 20.5 Å². The van der Waals surface area contributed by atoms with Gasteiger partial charge in [0.25, 0.3) is 0 Å². The molecule has 0 spiro atoms. The molecule has 312 valence electrons. The zero-order valence-electron chi connectivity index (χ0n) is 36.4. The summed E-state index contributed by atoms with van der Waals surface area (Å²) in [7, 11) is 3.29. The highest BCUT2D eigenvalue weighted by Crippen LogP contribution is 2.23. The Kier molecular flexibility index (Phi) is 25.3. The summed E-state index contributed by atoms with van der Waals surface area (Å²) in [5.41, 5.74) is 15.0. The summed E-state index contributed by atoms with van der Waals surface area (Å²) in [5, 5.41) is 1.39. The Hall–Kier alpha value is -4.15. The molecule has 0 saturated carbocycles. The van der Waals surface area contributed by atoms with Crippen LogP contribution >= 0.6 is 35.0 Å². The Morgan fingerprint density at radius 1 is 0.483 bits per heavy atom. The zero-order valence-corrected chi connectivity index (χ0v) is 38.7. The maximum atomic E-state index is 5.67. The molecule has 58 heavy (non-hydrogen) atoms. The third kappa shape index (κ3) is 21.6. The van der Waals surface area contributed by atoms with E-state index in [4.69, 9.17) is 32.7 Å². The van der Waals surface area contributed by atoms with E-state index in [0.29, 0.717) is 10.0 Å². The van der Waals surface area contributed by atoms with Crippen LogP contribution in [0.15, 0.2) is 126 Å². The van der Waals surface area contributed by atoms with E-state index in [1.54, 1.807) is 43.2 Å². The summed E-state index contributed by atoms with van der Waals surface area (Å²) in [6.07, 6.45) is 7.20. The van der Waals surface area contributed by atoms with Gasteiger partial charge in [0.15, 0.2) is 0 Å². The third-order valence-corrected chi connectivity index (χ3v) is 10.0. The standard InChI is InChI=1S/C10H12.C9H12O2.2C9H12.C8H10S.C7H6Cl2.CH4/c1-8-5-6-9-3-2-4-10(9)7-8;1-7-4-8(10-2)6-9(5-7)11-3;1-7-4-8(2)6-9(3)5-7;1-3-9-6-4-5-8(2)7-9;1-7-4-3-5-8(6-7)9-2;1-5-2-6(8)4-7(9)3-5;/h5-7H,2-4H2,1H3;4-6H,1-3H3;4-6H,1-3H3;4-7H,3H2,1-2H3;3-6H,1-2H3;2-4H,1H3;1H4. The Morgan fingerprint density at radius 2 is 0.948 bits per heavy atom. The van der Waals surface area contributed by atoms with Crippen molar-refractivity contribution in [2.45, 2.75) is 100 Å². The SMILES string of the molecule is C.CCc1cccc(C)c1.COc1cc(C)cc(OC)c1.CSc1cccc(C)c1.Cc1cc(C)cc(C)c1.Cc1cc(Cl)cc(Cl)c1.Cc1ccc2c(c1)CCC2. The number of hydrogen-bond acceptors (Lipinski definition) is 3. The summed E-state index contributed by atoms with van der Waals surface area (Å²) in [6.45, 7) is 18.9. The van der Waals surface area contributed by atoms with Gasteiger partial charge in [0.2, 0.25) is 0 Å². The van der Waals surface area contributed by atoms with Gasteiger partial charge in [0, 0.05) is 21.0 Å². The van der Waals surface area contributed by atoms with Gasteiger partial charge in [0.1, 0.15) is 11.5 Å². The van der Waals surface area contributed by atoms with Gasteiger partial charge < -0.3 is 9.47 Å². The van der Waals surface area contributed by atoms with Gasteiger partial charge in [-0.25, -0.2) is 0 Å². The fourth-order valence-corrected chi connectivity index (χ4v) is 7.37. The summed E-state index contributed by atoms with van der Waals surface area (Å²) < 4.78 is 10.1. The minimum Gasteiger partial charge on any atom is -0.497 e. The molecule has 0 amide bonds. The second-order valence-corrected chi connectivity index (χ2v) is 16.2.